The molecule has 2 aliphatic rings. The van der Waals surface area contributed by atoms with Crippen molar-refractivity contribution in [2.45, 2.75) is 25.3 Å². The molecule has 2 heteroatoms. The lowest BCUT2D eigenvalue weighted by Gasteiger charge is -2.15. The zero-order valence-corrected chi connectivity index (χ0v) is 9.45. The van der Waals surface area contributed by atoms with Gasteiger partial charge in [0.05, 0.1) is 0 Å². The fourth-order valence-corrected chi connectivity index (χ4v) is 3.62. The van der Waals surface area contributed by atoms with Crippen LogP contribution in [0.5, 0.6) is 0 Å². The first-order chi connectivity index (χ1) is 7.29. The number of halogens is 1. The average Bonchev–Trinajstić information content (AvgIpc) is 2.72. The third-order valence-electron chi connectivity index (χ3n) is 4.15. The van der Waals surface area contributed by atoms with E-state index < -0.39 is 0 Å². The number of hydrogen-bond donors (Lipinski definition) is 1. The molecule has 2 aliphatic carbocycles. The monoisotopic (exact) mass is 221 g/mol. The molecular formula is C13H16ClN. The van der Waals surface area contributed by atoms with Crippen LogP contribution in [0.15, 0.2) is 24.3 Å². The van der Waals surface area contributed by atoms with E-state index >= 15 is 0 Å². The Morgan fingerprint density at radius 2 is 1.87 bits per heavy atom. The van der Waals surface area contributed by atoms with Gasteiger partial charge in [0.15, 0.2) is 0 Å². The van der Waals surface area contributed by atoms with Crippen LogP contribution in [-0.2, 0) is 0 Å². The van der Waals surface area contributed by atoms with Crippen molar-refractivity contribution >= 4 is 11.6 Å². The highest BCUT2D eigenvalue weighted by Crippen LogP contribution is 2.61. The molecule has 15 heavy (non-hydrogen) atoms. The second-order valence-corrected chi connectivity index (χ2v) is 5.29. The first-order valence-electron chi connectivity index (χ1n) is 5.79. The topological polar surface area (TPSA) is 26.0 Å². The molecule has 0 aromatic heterocycles. The molecule has 2 saturated carbocycles. The van der Waals surface area contributed by atoms with Crippen molar-refractivity contribution in [2.75, 3.05) is 0 Å². The Morgan fingerprint density at radius 1 is 1.20 bits per heavy atom. The normalized spacial score (nSPS) is 34.9. The van der Waals surface area contributed by atoms with Gasteiger partial charge < -0.3 is 5.73 Å². The van der Waals surface area contributed by atoms with E-state index in [1.165, 1.54) is 19.3 Å². The summed E-state index contributed by atoms with van der Waals surface area (Å²) in [6.07, 6.45) is 4.17. The Labute approximate surface area is 95.6 Å². The molecule has 0 radical (unpaired) electrons. The van der Waals surface area contributed by atoms with Crippen LogP contribution in [0, 0.1) is 17.8 Å². The first kappa shape index (κ1) is 9.68. The average molecular weight is 222 g/mol. The van der Waals surface area contributed by atoms with Crippen molar-refractivity contribution in [2.24, 2.45) is 23.5 Å². The van der Waals surface area contributed by atoms with E-state index in [2.05, 4.69) is 6.07 Å². The highest BCUT2D eigenvalue weighted by Gasteiger charge is 2.55. The Balaban J connectivity index is 1.81. The van der Waals surface area contributed by atoms with Crippen LogP contribution in [0.2, 0.25) is 5.02 Å². The molecule has 0 aliphatic heterocycles. The van der Waals surface area contributed by atoms with E-state index in [9.17, 15) is 0 Å². The van der Waals surface area contributed by atoms with Gasteiger partial charge in [0, 0.05) is 11.1 Å². The highest BCUT2D eigenvalue weighted by molar-refractivity contribution is 6.31. The van der Waals surface area contributed by atoms with E-state index in [1.807, 2.05) is 18.2 Å². The number of fused-ring (bicyclic) bond motifs is 1. The molecule has 0 heterocycles. The van der Waals surface area contributed by atoms with Crippen LogP contribution in [-0.4, -0.2) is 0 Å². The summed E-state index contributed by atoms with van der Waals surface area (Å²) in [6, 6.07) is 8.16. The lowest BCUT2D eigenvalue weighted by Crippen LogP contribution is -2.15. The minimum absolute atomic E-state index is 0.161. The fraction of sp³-hybridized carbons (Fsp3) is 0.538. The molecule has 2 N–H and O–H groups in total. The highest BCUT2D eigenvalue weighted by atomic mass is 35.5. The molecule has 3 unspecified atom stereocenters. The molecule has 3 atom stereocenters. The molecule has 0 spiro atoms. The van der Waals surface area contributed by atoms with Crippen LogP contribution in [0.25, 0.3) is 0 Å². The van der Waals surface area contributed by atoms with Gasteiger partial charge in [-0.25, -0.2) is 0 Å². The van der Waals surface area contributed by atoms with Gasteiger partial charge in [-0.3, -0.25) is 0 Å². The van der Waals surface area contributed by atoms with Crippen LogP contribution in [0.1, 0.15) is 30.9 Å². The predicted octanol–water partition coefficient (Wildman–Crippen LogP) is 3.39. The molecular weight excluding hydrogens is 206 g/mol. The smallest absolute Gasteiger partial charge is 0.0453 e. The van der Waals surface area contributed by atoms with Crippen molar-refractivity contribution < 1.29 is 0 Å². The summed E-state index contributed by atoms with van der Waals surface area (Å²) >= 11 is 6.17. The van der Waals surface area contributed by atoms with E-state index in [-0.39, 0.29) is 6.04 Å². The maximum Gasteiger partial charge on any atom is 0.0453 e. The van der Waals surface area contributed by atoms with E-state index in [4.69, 9.17) is 17.3 Å². The van der Waals surface area contributed by atoms with Gasteiger partial charge in [-0.15, -0.1) is 0 Å². The SMILES string of the molecule is NC(c1ccccc1Cl)C1C2CCCC21. The van der Waals surface area contributed by atoms with Crippen LogP contribution < -0.4 is 5.73 Å². The van der Waals surface area contributed by atoms with Crippen LogP contribution >= 0.6 is 11.6 Å². The largest absolute Gasteiger partial charge is 0.324 e. The molecule has 80 valence electrons. The maximum absolute atomic E-state index is 6.31. The van der Waals surface area contributed by atoms with Gasteiger partial charge in [0.25, 0.3) is 0 Å². The lowest BCUT2D eigenvalue weighted by atomic mass is 9.98. The number of nitrogens with two attached hydrogens (primary N) is 1. The Bertz CT molecular complexity index is 367. The first-order valence-corrected chi connectivity index (χ1v) is 6.17. The summed E-state index contributed by atoms with van der Waals surface area (Å²) in [4.78, 5) is 0. The van der Waals surface area contributed by atoms with Gasteiger partial charge in [-0.05, 0) is 42.2 Å². The molecule has 2 fully saturated rings. The van der Waals surface area contributed by atoms with Crippen LogP contribution in [0.3, 0.4) is 0 Å². The Morgan fingerprint density at radius 3 is 2.53 bits per heavy atom. The summed E-state index contributed by atoms with van der Waals surface area (Å²) in [5, 5.41) is 0.829. The summed E-state index contributed by atoms with van der Waals surface area (Å²) in [5.74, 6) is 2.51. The second-order valence-electron chi connectivity index (χ2n) is 4.88. The summed E-state index contributed by atoms with van der Waals surface area (Å²) in [7, 11) is 0. The molecule has 1 nitrogen and oxygen atoms in total. The second kappa shape index (κ2) is 3.50. The zero-order valence-electron chi connectivity index (χ0n) is 8.70. The quantitative estimate of drug-likeness (QED) is 0.814. The predicted molar refractivity (Wildman–Crippen MR) is 62.7 cm³/mol. The van der Waals surface area contributed by atoms with Crippen LogP contribution in [0.4, 0.5) is 0 Å². The zero-order chi connectivity index (χ0) is 10.4. The molecule has 1 aromatic carbocycles. The van der Waals surface area contributed by atoms with Crippen molar-refractivity contribution in [1.82, 2.24) is 0 Å². The van der Waals surface area contributed by atoms with Crippen molar-refractivity contribution in [3.05, 3.63) is 34.9 Å². The third kappa shape index (κ3) is 1.49. The molecule has 0 saturated heterocycles. The van der Waals surface area contributed by atoms with Crippen molar-refractivity contribution in [3.8, 4) is 0 Å². The van der Waals surface area contributed by atoms with Gasteiger partial charge >= 0.3 is 0 Å². The molecule has 0 bridgehead atoms. The Hall–Kier alpha value is -0.530. The van der Waals surface area contributed by atoms with Gasteiger partial charge in [0.1, 0.15) is 0 Å². The molecule has 0 amide bonds. The van der Waals surface area contributed by atoms with E-state index in [0.29, 0.717) is 5.92 Å². The summed E-state index contributed by atoms with van der Waals surface area (Å²) < 4.78 is 0. The number of rotatable bonds is 2. The van der Waals surface area contributed by atoms with Crippen molar-refractivity contribution in [3.63, 3.8) is 0 Å². The molecule has 1 aromatic rings. The fourth-order valence-electron chi connectivity index (χ4n) is 3.36. The summed E-state index contributed by atoms with van der Waals surface area (Å²) in [6.45, 7) is 0. The minimum atomic E-state index is 0.161. The minimum Gasteiger partial charge on any atom is -0.324 e. The van der Waals surface area contributed by atoms with E-state index in [0.717, 1.165) is 22.4 Å². The van der Waals surface area contributed by atoms with Gasteiger partial charge in [-0.2, -0.15) is 0 Å². The number of benzene rings is 1. The molecule has 3 rings (SSSR count). The van der Waals surface area contributed by atoms with Gasteiger partial charge in [-0.1, -0.05) is 36.2 Å². The standard InChI is InChI=1S/C13H16ClN/c14-11-7-2-1-4-10(11)13(15)12-8-5-3-6-9(8)12/h1-2,4,7-9,12-13H,3,5-6,15H2. The maximum atomic E-state index is 6.31. The third-order valence-corrected chi connectivity index (χ3v) is 4.50. The Kier molecular flexibility index (Phi) is 2.26. The van der Waals surface area contributed by atoms with Gasteiger partial charge in [0.2, 0.25) is 0 Å². The summed E-state index contributed by atoms with van der Waals surface area (Å²) in [5.41, 5.74) is 7.44. The van der Waals surface area contributed by atoms with Crippen molar-refractivity contribution in [1.29, 1.82) is 0 Å². The number of hydrogen-bond acceptors (Lipinski definition) is 1. The lowest BCUT2D eigenvalue weighted by molar-refractivity contribution is 0.502. The van der Waals surface area contributed by atoms with E-state index in [1.54, 1.807) is 0 Å².